The number of ether oxygens (including phenoxy) is 1. The third-order valence-corrected chi connectivity index (χ3v) is 6.77. The summed E-state index contributed by atoms with van der Waals surface area (Å²) < 4.78 is 6.99. The number of anilines is 1. The van der Waals surface area contributed by atoms with Crippen LogP contribution in [0, 0.1) is 6.92 Å². The number of hydrogen-bond acceptors (Lipinski definition) is 5. The van der Waals surface area contributed by atoms with Crippen molar-refractivity contribution in [2.24, 2.45) is 0 Å². The number of fused-ring (bicyclic) bond motifs is 1. The van der Waals surface area contributed by atoms with Crippen LogP contribution in [0.3, 0.4) is 0 Å². The van der Waals surface area contributed by atoms with Crippen LogP contribution in [-0.4, -0.2) is 58.7 Å². The van der Waals surface area contributed by atoms with Gasteiger partial charge in [0, 0.05) is 48.9 Å². The van der Waals surface area contributed by atoms with Crippen LogP contribution in [0.5, 0.6) is 5.75 Å². The molecule has 0 radical (unpaired) electrons. The molecule has 4 aromatic rings. The van der Waals surface area contributed by atoms with Gasteiger partial charge in [-0.2, -0.15) is 5.10 Å². The number of methoxy groups -OCH3 is 1. The van der Waals surface area contributed by atoms with E-state index in [-0.39, 0.29) is 11.3 Å². The van der Waals surface area contributed by atoms with Gasteiger partial charge in [0.25, 0.3) is 5.91 Å². The molecule has 0 atom stereocenters. The molecule has 0 spiro atoms. The minimum atomic E-state index is -0.151. The summed E-state index contributed by atoms with van der Waals surface area (Å²) in [6, 6.07) is 20.2. The van der Waals surface area contributed by atoms with Crippen molar-refractivity contribution in [3.05, 3.63) is 77.6 Å². The van der Waals surface area contributed by atoms with Crippen molar-refractivity contribution >= 4 is 17.2 Å². The van der Waals surface area contributed by atoms with E-state index in [1.165, 1.54) is 5.56 Å². The zero-order valence-electron chi connectivity index (χ0n) is 21.7. The van der Waals surface area contributed by atoms with Gasteiger partial charge in [0.15, 0.2) is 5.65 Å². The van der Waals surface area contributed by atoms with E-state index in [2.05, 4.69) is 69.0 Å². The van der Waals surface area contributed by atoms with Gasteiger partial charge in [-0.25, -0.2) is 9.50 Å². The van der Waals surface area contributed by atoms with E-state index in [9.17, 15) is 4.79 Å². The molecule has 1 aliphatic heterocycles. The van der Waals surface area contributed by atoms with Gasteiger partial charge in [-0.3, -0.25) is 4.79 Å². The highest BCUT2D eigenvalue weighted by Crippen LogP contribution is 2.27. The van der Waals surface area contributed by atoms with Crippen molar-refractivity contribution < 1.29 is 9.53 Å². The van der Waals surface area contributed by atoms with Gasteiger partial charge >= 0.3 is 0 Å². The summed E-state index contributed by atoms with van der Waals surface area (Å²) >= 11 is 0. The summed E-state index contributed by atoms with van der Waals surface area (Å²) in [7, 11) is 1.67. The van der Waals surface area contributed by atoms with E-state index in [0.717, 1.165) is 41.5 Å². The molecule has 186 valence electrons. The Kier molecular flexibility index (Phi) is 6.16. The van der Waals surface area contributed by atoms with Crippen LogP contribution in [0.4, 0.5) is 5.69 Å². The second kappa shape index (κ2) is 9.30. The highest BCUT2D eigenvalue weighted by molar-refractivity contribution is 5.94. The Morgan fingerprint density at radius 2 is 1.58 bits per heavy atom. The van der Waals surface area contributed by atoms with E-state index < -0.39 is 0 Å². The molecular weight excluding hydrogens is 450 g/mol. The number of rotatable bonds is 4. The first-order valence-electron chi connectivity index (χ1n) is 12.4. The molecule has 1 fully saturated rings. The predicted molar refractivity (Wildman–Crippen MR) is 143 cm³/mol. The summed E-state index contributed by atoms with van der Waals surface area (Å²) in [6.07, 6.45) is 0. The minimum absolute atomic E-state index is 0.0197. The zero-order valence-corrected chi connectivity index (χ0v) is 21.7. The molecule has 0 bridgehead atoms. The average molecular weight is 484 g/mol. The molecule has 7 nitrogen and oxygen atoms in total. The molecule has 0 saturated carbocycles. The number of benzene rings is 2. The lowest BCUT2D eigenvalue weighted by Crippen LogP contribution is -2.49. The molecule has 5 rings (SSSR count). The van der Waals surface area contributed by atoms with Crippen LogP contribution in [0.15, 0.2) is 60.7 Å². The Balaban J connectivity index is 1.45. The maximum absolute atomic E-state index is 13.8. The normalized spacial score (nSPS) is 14.4. The van der Waals surface area contributed by atoms with Crippen LogP contribution in [0.1, 0.15) is 42.5 Å². The fraction of sp³-hybridized carbons (Fsp3) is 0.345. The van der Waals surface area contributed by atoms with E-state index in [0.29, 0.717) is 24.4 Å². The van der Waals surface area contributed by atoms with Crippen LogP contribution in [-0.2, 0) is 5.41 Å². The first-order chi connectivity index (χ1) is 17.2. The minimum Gasteiger partial charge on any atom is -0.497 e. The van der Waals surface area contributed by atoms with Crippen molar-refractivity contribution in [3.63, 3.8) is 0 Å². The lowest BCUT2D eigenvalue weighted by atomic mass is 9.93. The molecule has 0 aliphatic carbocycles. The van der Waals surface area contributed by atoms with E-state index >= 15 is 0 Å². The van der Waals surface area contributed by atoms with Crippen LogP contribution in [0.2, 0.25) is 0 Å². The lowest BCUT2D eigenvalue weighted by molar-refractivity contribution is 0.0737. The topological polar surface area (TPSA) is 63.0 Å². The largest absolute Gasteiger partial charge is 0.497 e. The molecule has 0 unspecified atom stereocenters. The molecule has 1 aliphatic rings. The van der Waals surface area contributed by atoms with Crippen molar-refractivity contribution in [1.82, 2.24) is 19.5 Å². The van der Waals surface area contributed by atoms with Crippen LogP contribution < -0.4 is 9.64 Å². The Hall–Kier alpha value is -3.87. The van der Waals surface area contributed by atoms with Crippen LogP contribution in [0.25, 0.3) is 16.9 Å². The van der Waals surface area contributed by atoms with Gasteiger partial charge in [-0.05, 0) is 37.3 Å². The fourth-order valence-corrected chi connectivity index (χ4v) is 4.49. The molecule has 1 amide bonds. The first-order valence-corrected chi connectivity index (χ1v) is 12.4. The van der Waals surface area contributed by atoms with Gasteiger partial charge in [-0.1, -0.05) is 50.6 Å². The molecule has 36 heavy (non-hydrogen) atoms. The maximum Gasteiger partial charge on any atom is 0.272 e. The third-order valence-electron chi connectivity index (χ3n) is 6.77. The zero-order chi connectivity index (χ0) is 25.4. The van der Waals surface area contributed by atoms with Crippen molar-refractivity contribution in [2.75, 3.05) is 38.2 Å². The molecular formula is C29H33N5O2. The second-order valence-electron chi connectivity index (χ2n) is 10.4. The lowest BCUT2D eigenvalue weighted by Gasteiger charge is -2.36. The van der Waals surface area contributed by atoms with E-state index in [4.69, 9.17) is 14.8 Å². The highest BCUT2D eigenvalue weighted by Gasteiger charge is 2.27. The highest BCUT2D eigenvalue weighted by atomic mass is 16.5. The van der Waals surface area contributed by atoms with Gasteiger partial charge in [0.05, 0.1) is 18.5 Å². The number of hydrogen-bond donors (Lipinski definition) is 0. The number of piperazine rings is 1. The quantitative estimate of drug-likeness (QED) is 0.410. The van der Waals surface area contributed by atoms with E-state index in [1.54, 1.807) is 11.6 Å². The first kappa shape index (κ1) is 23.9. The number of aryl methyl sites for hydroxylation is 1. The van der Waals surface area contributed by atoms with Gasteiger partial charge in [-0.15, -0.1) is 0 Å². The Bertz CT molecular complexity index is 1380. The standard InChI is InChI=1S/C29H33N5O2/c1-20-6-8-21(9-7-20)24-18-25(34-27(30-24)19-26(31-34)29(2,3)4)28(35)33-16-14-32(15-17-33)22-10-12-23(36-5)13-11-22/h6-13,18-19H,14-17H2,1-5H3. The summed E-state index contributed by atoms with van der Waals surface area (Å²) in [5.74, 6) is 0.821. The molecule has 7 heteroatoms. The summed E-state index contributed by atoms with van der Waals surface area (Å²) in [4.78, 5) is 22.9. The number of carbonyl (C=O) groups is 1. The molecule has 3 heterocycles. The van der Waals surface area contributed by atoms with Crippen molar-refractivity contribution in [1.29, 1.82) is 0 Å². The summed E-state index contributed by atoms with van der Waals surface area (Å²) in [5, 5.41) is 4.81. The molecule has 2 aromatic heterocycles. The second-order valence-corrected chi connectivity index (χ2v) is 10.4. The number of amides is 1. The van der Waals surface area contributed by atoms with Crippen LogP contribution >= 0.6 is 0 Å². The molecule has 1 saturated heterocycles. The summed E-state index contributed by atoms with van der Waals surface area (Å²) in [6.45, 7) is 11.2. The van der Waals surface area contributed by atoms with Gasteiger partial charge in [0.1, 0.15) is 11.4 Å². The smallest absolute Gasteiger partial charge is 0.272 e. The molecule has 0 N–H and O–H groups in total. The SMILES string of the molecule is COc1ccc(N2CCN(C(=O)c3cc(-c4ccc(C)cc4)nc4cc(C(C)(C)C)nn34)CC2)cc1. The van der Waals surface area contributed by atoms with Gasteiger partial charge in [0.2, 0.25) is 0 Å². The van der Waals surface area contributed by atoms with E-state index in [1.807, 2.05) is 29.2 Å². The van der Waals surface area contributed by atoms with Gasteiger partial charge < -0.3 is 14.5 Å². The Morgan fingerprint density at radius 3 is 2.19 bits per heavy atom. The van der Waals surface area contributed by atoms with Crippen molar-refractivity contribution in [3.8, 4) is 17.0 Å². The molecule has 2 aromatic carbocycles. The number of carbonyl (C=O) groups excluding carboxylic acids is 1. The Morgan fingerprint density at radius 1 is 0.917 bits per heavy atom. The average Bonchev–Trinajstić information content (AvgIpc) is 3.33. The monoisotopic (exact) mass is 483 g/mol. The Labute approximate surface area is 212 Å². The number of aromatic nitrogens is 3. The number of nitrogens with zero attached hydrogens (tertiary/aromatic N) is 5. The summed E-state index contributed by atoms with van der Waals surface area (Å²) in [5.41, 5.74) is 6.09. The third kappa shape index (κ3) is 4.65. The maximum atomic E-state index is 13.8. The van der Waals surface area contributed by atoms with Crippen molar-refractivity contribution in [2.45, 2.75) is 33.1 Å². The fourth-order valence-electron chi connectivity index (χ4n) is 4.49. The predicted octanol–water partition coefficient (Wildman–Crippen LogP) is 4.97.